The minimum Gasteiger partial charge on any atom is -0.490 e. The molecule has 368 valence electrons. The highest BCUT2D eigenvalue weighted by Crippen LogP contribution is 2.41. The molecular formula is C54H63FN8O7. The minimum atomic E-state index is -0.991. The first-order valence-electron chi connectivity index (χ1n) is 25.4. The first-order valence-corrected chi connectivity index (χ1v) is 25.4. The molecule has 70 heavy (non-hydrogen) atoms. The quantitative estimate of drug-likeness (QED) is 0.155. The van der Waals surface area contributed by atoms with Crippen molar-refractivity contribution in [3.63, 3.8) is 0 Å². The summed E-state index contributed by atoms with van der Waals surface area (Å²) in [5.41, 5.74) is 4.05. The van der Waals surface area contributed by atoms with Gasteiger partial charge >= 0.3 is 0 Å². The summed E-state index contributed by atoms with van der Waals surface area (Å²) in [7, 11) is 0. The van der Waals surface area contributed by atoms with Crippen LogP contribution in [0, 0.1) is 23.6 Å². The zero-order valence-electron chi connectivity index (χ0n) is 40.0. The van der Waals surface area contributed by atoms with E-state index >= 15 is 0 Å². The number of ether oxygens (including phenoxy) is 1. The molecule has 2 atom stereocenters. The van der Waals surface area contributed by atoms with Gasteiger partial charge in [0, 0.05) is 88.3 Å². The predicted octanol–water partition coefficient (Wildman–Crippen LogP) is 6.23. The molecule has 16 heteroatoms. The Hall–Kier alpha value is -6.26. The van der Waals surface area contributed by atoms with E-state index in [4.69, 9.17) is 4.74 Å². The molecule has 5 fully saturated rings. The summed E-state index contributed by atoms with van der Waals surface area (Å²) in [6.07, 6.45) is 9.39. The van der Waals surface area contributed by atoms with E-state index in [-0.39, 0.29) is 48.4 Å². The fourth-order valence-electron chi connectivity index (χ4n) is 11.8. The Labute approximate surface area is 408 Å². The molecule has 4 aromatic rings. The summed E-state index contributed by atoms with van der Waals surface area (Å²) in [6, 6.07) is 18.7. The van der Waals surface area contributed by atoms with Crippen LogP contribution in [0.15, 0.2) is 72.9 Å². The van der Waals surface area contributed by atoms with Crippen LogP contribution in [0.5, 0.6) is 5.75 Å². The Morgan fingerprint density at radius 3 is 2.27 bits per heavy atom. The van der Waals surface area contributed by atoms with Crippen LogP contribution < -0.4 is 20.3 Å². The van der Waals surface area contributed by atoms with Gasteiger partial charge in [0.05, 0.1) is 28.9 Å². The van der Waals surface area contributed by atoms with Crippen molar-refractivity contribution in [3.05, 3.63) is 95.4 Å². The summed E-state index contributed by atoms with van der Waals surface area (Å²) in [5.74, 6) is -0.293. The Morgan fingerprint density at radius 2 is 1.54 bits per heavy atom. The number of fused-ring (bicyclic) bond motifs is 2. The van der Waals surface area contributed by atoms with Gasteiger partial charge in [-0.2, -0.15) is 0 Å². The summed E-state index contributed by atoms with van der Waals surface area (Å²) >= 11 is 0. The molecule has 6 aliphatic rings. The van der Waals surface area contributed by atoms with Gasteiger partial charge in [-0.15, -0.1) is 0 Å². The number of likely N-dealkylation sites (tertiary alicyclic amines) is 2. The standard InChI is InChI=1S/C54H63FN8O7/c1-34(36-5-7-37(8-6-36)42-17-22-56-45-14-9-38(55)31-44(42)45)51(66)57-39-10-12-40(13-11-39)70-41-20-25-62(26-21-41)49(65)33-59-23-18-35(19-24-59)32-60-27-29-61(30-28-60)46-4-2-3-43-50(46)54(69)63(53(43)68)47-15-16-48(64)58-52(47)67/h2-4,9-14,17,22,31,34-37,41,47H,5-8,15-16,18-21,23-30,32-33H2,1H3,(H,57,66)(H,58,64,67)/t34-,36-,37+,47?/m1/s1. The normalized spacial score (nSPS) is 23.6. The number of aromatic nitrogens is 1. The summed E-state index contributed by atoms with van der Waals surface area (Å²) in [6.45, 7) is 9.58. The number of hydrogen-bond donors (Lipinski definition) is 2. The Bertz CT molecular complexity index is 2630. The Balaban J connectivity index is 0.611. The lowest BCUT2D eigenvalue weighted by Gasteiger charge is -2.40. The number of nitrogens with one attached hydrogen (secondary N) is 2. The fourth-order valence-corrected chi connectivity index (χ4v) is 11.8. The zero-order valence-corrected chi connectivity index (χ0v) is 40.0. The average Bonchev–Trinajstić information content (AvgIpc) is 3.63. The number of benzene rings is 3. The van der Waals surface area contributed by atoms with Gasteiger partial charge in [-0.25, -0.2) is 4.39 Å². The van der Waals surface area contributed by atoms with E-state index in [2.05, 4.69) is 30.3 Å². The minimum absolute atomic E-state index is 0.0111. The molecule has 1 aromatic heterocycles. The van der Waals surface area contributed by atoms with Crippen molar-refractivity contribution < 1.29 is 37.9 Å². The zero-order chi connectivity index (χ0) is 48.5. The molecule has 0 bridgehead atoms. The van der Waals surface area contributed by atoms with Crippen LogP contribution in [0.4, 0.5) is 15.8 Å². The number of pyridine rings is 1. The predicted molar refractivity (Wildman–Crippen MR) is 262 cm³/mol. The number of halogens is 1. The Morgan fingerprint density at radius 1 is 0.800 bits per heavy atom. The molecule has 6 heterocycles. The highest BCUT2D eigenvalue weighted by atomic mass is 19.1. The molecule has 15 nitrogen and oxygen atoms in total. The van der Waals surface area contributed by atoms with Crippen molar-refractivity contribution in [2.24, 2.45) is 17.8 Å². The van der Waals surface area contributed by atoms with E-state index in [9.17, 15) is 33.2 Å². The third kappa shape index (κ3) is 10.2. The molecule has 1 aliphatic carbocycles. The number of amides is 6. The number of piperidine rings is 3. The molecule has 10 rings (SSSR count). The van der Waals surface area contributed by atoms with Crippen LogP contribution in [0.2, 0.25) is 0 Å². The molecule has 1 unspecified atom stereocenters. The molecule has 3 aromatic carbocycles. The molecule has 2 N–H and O–H groups in total. The maximum Gasteiger partial charge on any atom is 0.264 e. The number of carbonyl (C=O) groups is 6. The highest BCUT2D eigenvalue weighted by molar-refractivity contribution is 6.25. The van der Waals surface area contributed by atoms with Gasteiger partial charge in [-0.1, -0.05) is 13.0 Å². The molecule has 5 aliphatic heterocycles. The number of imide groups is 2. The van der Waals surface area contributed by atoms with E-state index in [0.717, 1.165) is 117 Å². The molecule has 4 saturated heterocycles. The number of piperazine rings is 1. The van der Waals surface area contributed by atoms with Crippen LogP contribution >= 0.6 is 0 Å². The lowest BCUT2D eigenvalue weighted by molar-refractivity contribution is -0.136. The SMILES string of the molecule is C[C@@H](C(=O)Nc1ccc(OC2CCN(C(=O)CN3CCC(CN4CCN(c5cccc6c5C(=O)N(C5CCC(=O)NC5=O)C6=O)CC4)CC3)CC2)cc1)[C@H]1CC[C@@H](c2ccnc3ccc(F)cc32)CC1. The van der Waals surface area contributed by atoms with Gasteiger partial charge in [0.25, 0.3) is 11.8 Å². The molecule has 1 saturated carbocycles. The van der Waals surface area contributed by atoms with E-state index in [0.29, 0.717) is 61.4 Å². The molecular weight excluding hydrogens is 892 g/mol. The van der Waals surface area contributed by atoms with Crippen LogP contribution in [0.3, 0.4) is 0 Å². The third-order valence-corrected chi connectivity index (χ3v) is 16.0. The van der Waals surface area contributed by atoms with E-state index in [1.54, 1.807) is 24.3 Å². The molecule has 0 spiro atoms. The van der Waals surface area contributed by atoms with Gasteiger partial charge in [-0.3, -0.25) is 53.8 Å². The monoisotopic (exact) mass is 954 g/mol. The van der Waals surface area contributed by atoms with Crippen molar-refractivity contribution in [2.45, 2.75) is 89.2 Å². The number of carbonyl (C=O) groups excluding carboxylic acids is 6. The first-order chi connectivity index (χ1) is 33.9. The van der Waals surface area contributed by atoms with Crippen LogP contribution in [0.1, 0.15) is 103 Å². The maximum atomic E-state index is 14.1. The van der Waals surface area contributed by atoms with Crippen molar-refractivity contribution in [3.8, 4) is 5.75 Å². The van der Waals surface area contributed by atoms with Gasteiger partial charge in [0.2, 0.25) is 23.6 Å². The van der Waals surface area contributed by atoms with E-state index in [1.165, 1.54) is 6.07 Å². The maximum absolute atomic E-state index is 14.1. The van der Waals surface area contributed by atoms with Gasteiger partial charge < -0.3 is 19.9 Å². The summed E-state index contributed by atoms with van der Waals surface area (Å²) in [4.78, 5) is 92.4. The second-order valence-electron chi connectivity index (χ2n) is 20.3. The summed E-state index contributed by atoms with van der Waals surface area (Å²) in [5, 5.41) is 6.26. The topological polar surface area (TPSA) is 165 Å². The second kappa shape index (κ2) is 20.6. The van der Waals surface area contributed by atoms with Gasteiger partial charge in [-0.05, 0) is 142 Å². The van der Waals surface area contributed by atoms with Gasteiger partial charge in [0.1, 0.15) is 23.7 Å². The number of nitrogens with zero attached hydrogens (tertiary/aromatic N) is 6. The van der Waals surface area contributed by atoms with Crippen molar-refractivity contribution in [1.82, 2.24) is 29.9 Å². The van der Waals surface area contributed by atoms with Gasteiger partial charge in [0.15, 0.2) is 0 Å². The largest absolute Gasteiger partial charge is 0.490 e. The van der Waals surface area contributed by atoms with Crippen molar-refractivity contribution >= 4 is 57.7 Å². The average molecular weight is 955 g/mol. The van der Waals surface area contributed by atoms with Crippen LogP contribution in [-0.2, 0) is 19.2 Å². The highest BCUT2D eigenvalue weighted by Gasteiger charge is 2.46. The first kappa shape index (κ1) is 47.4. The van der Waals surface area contributed by atoms with Crippen molar-refractivity contribution in [1.29, 1.82) is 0 Å². The van der Waals surface area contributed by atoms with Crippen LogP contribution in [-0.4, -0.2) is 138 Å². The lowest BCUT2D eigenvalue weighted by atomic mass is 9.73. The third-order valence-electron chi connectivity index (χ3n) is 16.0. The molecule has 6 amide bonds. The number of hydrogen-bond acceptors (Lipinski definition) is 11. The molecule has 0 radical (unpaired) electrons. The lowest BCUT2D eigenvalue weighted by Crippen LogP contribution is -2.54. The van der Waals surface area contributed by atoms with E-state index in [1.807, 2.05) is 54.4 Å². The van der Waals surface area contributed by atoms with Crippen LogP contribution in [0.25, 0.3) is 10.9 Å². The van der Waals surface area contributed by atoms with E-state index < -0.39 is 29.7 Å². The second-order valence-corrected chi connectivity index (χ2v) is 20.3. The number of anilines is 2. The summed E-state index contributed by atoms with van der Waals surface area (Å²) < 4.78 is 20.4. The Kier molecular flexibility index (Phi) is 14.0. The number of rotatable bonds is 12. The van der Waals surface area contributed by atoms with Crippen molar-refractivity contribution in [2.75, 3.05) is 75.7 Å². The fraction of sp³-hybridized carbons (Fsp3) is 0.500. The smallest absolute Gasteiger partial charge is 0.264 e.